The summed E-state index contributed by atoms with van der Waals surface area (Å²) in [7, 11) is 3.27. The molecule has 0 unspecified atom stereocenters. The van der Waals surface area contributed by atoms with Crippen molar-refractivity contribution >= 4 is 11.4 Å². The minimum atomic E-state index is 0.169. The van der Waals surface area contributed by atoms with E-state index in [9.17, 15) is 0 Å². The molecule has 2 rings (SSSR count). The smallest absolute Gasteiger partial charge is 0.162 e. The average Bonchev–Trinajstić information content (AvgIpc) is 2.46. The zero-order valence-corrected chi connectivity index (χ0v) is 13.4. The highest BCUT2D eigenvalue weighted by atomic mass is 16.5. The second-order valence-corrected chi connectivity index (χ2v) is 6.02. The van der Waals surface area contributed by atoms with Gasteiger partial charge in [-0.15, -0.1) is 0 Å². The molecule has 0 atom stereocenters. The molecule has 1 N–H and O–H groups in total. The minimum absolute atomic E-state index is 0.169. The number of anilines is 2. The second kappa shape index (κ2) is 6.08. The normalized spacial score (nSPS) is 11.1. The Morgan fingerprint density at radius 2 is 1.33 bits per heavy atom. The molecule has 0 amide bonds. The standard InChI is InChI=1S/C18H23NO2/c1-18(2,3)13-6-8-14(9-7-13)19-15-10-11-16(20-4)17(12-15)21-5/h6-12,19H,1-5H3. The molecule has 0 saturated carbocycles. The van der Waals surface area contributed by atoms with Crippen LogP contribution < -0.4 is 14.8 Å². The van der Waals surface area contributed by atoms with Crippen LogP contribution in [0.5, 0.6) is 11.5 Å². The van der Waals surface area contributed by atoms with Crippen molar-refractivity contribution in [2.24, 2.45) is 0 Å². The van der Waals surface area contributed by atoms with E-state index in [1.165, 1.54) is 5.56 Å². The summed E-state index contributed by atoms with van der Waals surface area (Å²) < 4.78 is 10.6. The lowest BCUT2D eigenvalue weighted by atomic mass is 9.87. The maximum atomic E-state index is 5.31. The molecule has 0 saturated heterocycles. The molecule has 0 spiro atoms. The van der Waals surface area contributed by atoms with E-state index in [2.05, 4.69) is 50.4 Å². The van der Waals surface area contributed by atoms with Crippen LogP contribution in [-0.4, -0.2) is 14.2 Å². The van der Waals surface area contributed by atoms with Crippen LogP contribution in [0.2, 0.25) is 0 Å². The second-order valence-electron chi connectivity index (χ2n) is 6.02. The number of hydrogen-bond donors (Lipinski definition) is 1. The lowest BCUT2D eigenvalue weighted by Crippen LogP contribution is -2.10. The topological polar surface area (TPSA) is 30.5 Å². The number of nitrogens with one attached hydrogen (secondary N) is 1. The highest BCUT2D eigenvalue weighted by molar-refractivity contribution is 5.63. The molecule has 112 valence electrons. The van der Waals surface area contributed by atoms with Gasteiger partial charge in [-0.1, -0.05) is 32.9 Å². The minimum Gasteiger partial charge on any atom is -0.493 e. The van der Waals surface area contributed by atoms with Gasteiger partial charge in [0.15, 0.2) is 11.5 Å². The van der Waals surface area contributed by atoms with Gasteiger partial charge >= 0.3 is 0 Å². The first kappa shape index (κ1) is 15.2. The van der Waals surface area contributed by atoms with Crippen molar-refractivity contribution in [2.75, 3.05) is 19.5 Å². The van der Waals surface area contributed by atoms with Crippen LogP contribution in [0.3, 0.4) is 0 Å². The molecule has 21 heavy (non-hydrogen) atoms. The van der Waals surface area contributed by atoms with E-state index in [0.717, 1.165) is 17.1 Å². The zero-order chi connectivity index (χ0) is 15.5. The van der Waals surface area contributed by atoms with Crippen LogP contribution in [0, 0.1) is 0 Å². The Morgan fingerprint density at radius 1 is 0.762 bits per heavy atom. The molecule has 0 heterocycles. The average molecular weight is 285 g/mol. The molecule has 2 aromatic carbocycles. The van der Waals surface area contributed by atoms with Crippen molar-refractivity contribution < 1.29 is 9.47 Å². The van der Waals surface area contributed by atoms with Crippen LogP contribution >= 0.6 is 0 Å². The quantitative estimate of drug-likeness (QED) is 0.879. The monoisotopic (exact) mass is 285 g/mol. The Kier molecular flexibility index (Phi) is 4.41. The van der Waals surface area contributed by atoms with E-state index < -0.39 is 0 Å². The highest BCUT2D eigenvalue weighted by Crippen LogP contribution is 2.31. The summed E-state index contributed by atoms with van der Waals surface area (Å²) in [5.41, 5.74) is 3.51. The molecule has 0 radical (unpaired) electrons. The summed E-state index contributed by atoms with van der Waals surface area (Å²) >= 11 is 0. The van der Waals surface area contributed by atoms with Crippen molar-refractivity contribution in [1.29, 1.82) is 0 Å². The van der Waals surface area contributed by atoms with E-state index in [1.54, 1.807) is 14.2 Å². The summed E-state index contributed by atoms with van der Waals surface area (Å²) in [5, 5.41) is 3.37. The Hall–Kier alpha value is -2.16. The molecule has 3 nitrogen and oxygen atoms in total. The molecule has 0 aromatic heterocycles. The maximum absolute atomic E-state index is 5.31. The van der Waals surface area contributed by atoms with E-state index >= 15 is 0 Å². The van der Waals surface area contributed by atoms with E-state index in [1.807, 2.05) is 18.2 Å². The molecule has 0 aliphatic rings. The third-order valence-corrected chi connectivity index (χ3v) is 3.42. The summed E-state index contributed by atoms with van der Waals surface area (Å²) in [6.07, 6.45) is 0. The predicted octanol–water partition coefficient (Wildman–Crippen LogP) is 4.74. The van der Waals surface area contributed by atoms with Crippen LogP contribution in [-0.2, 0) is 5.41 Å². The Morgan fingerprint density at radius 3 is 1.86 bits per heavy atom. The lowest BCUT2D eigenvalue weighted by molar-refractivity contribution is 0.355. The van der Waals surface area contributed by atoms with E-state index in [-0.39, 0.29) is 5.41 Å². The van der Waals surface area contributed by atoms with Crippen molar-refractivity contribution in [3.8, 4) is 11.5 Å². The fourth-order valence-corrected chi connectivity index (χ4v) is 2.13. The molecule has 0 aliphatic carbocycles. The SMILES string of the molecule is COc1ccc(Nc2ccc(C(C)(C)C)cc2)cc1OC. The van der Waals surface area contributed by atoms with Gasteiger partial charge in [0.25, 0.3) is 0 Å². The van der Waals surface area contributed by atoms with Gasteiger partial charge in [0.05, 0.1) is 14.2 Å². The van der Waals surface area contributed by atoms with Gasteiger partial charge < -0.3 is 14.8 Å². The van der Waals surface area contributed by atoms with Crippen molar-refractivity contribution in [2.45, 2.75) is 26.2 Å². The van der Waals surface area contributed by atoms with E-state index in [4.69, 9.17) is 9.47 Å². The number of ether oxygens (including phenoxy) is 2. The summed E-state index contributed by atoms with van der Waals surface area (Å²) in [4.78, 5) is 0. The lowest BCUT2D eigenvalue weighted by Gasteiger charge is -2.19. The Balaban J connectivity index is 2.18. The third-order valence-electron chi connectivity index (χ3n) is 3.42. The Bertz CT molecular complexity index is 598. The van der Waals surface area contributed by atoms with Gasteiger partial charge in [-0.25, -0.2) is 0 Å². The molecule has 0 bridgehead atoms. The van der Waals surface area contributed by atoms with Gasteiger partial charge in [0, 0.05) is 17.4 Å². The summed E-state index contributed by atoms with van der Waals surface area (Å²) in [5.74, 6) is 1.44. The van der Waals surface area contributed by atoms with Gasteiger partial charge in [0.1, 0.15) is 0 Å². The van der Waals surface area contributed by atoms with Crippen LogP contribution in [0.4, 0.5) is 11.4 Å². The zero-order valence-electron chi connectivity index (χ0n) is 13.4. The third kappa shape index (κ3) is 3.69. The largest absolute Gasteiger partial charge is 0.493 e. The van der Waals surface area contributed by atoms with Crippen LogP contribution in [0.15, 0.2) is 42.5 Å². The van der Waals surface area contributed by atoms with Crippen molar-refractivity contribution in [3.05, 3.63) is 48.0 Å². The first-order valence-corrected chi connectivity index (χ1v) is 7.03. The summed E-state index contributed by atoms with van der Waals surface area (Å²) in [6, 6.07) is 14.3. The first-order valence-electron chi connectivity index (χ1n) is 7.03. The number of benzene rings is 2. The van der Waals surface area contributed by atoms with Gasteiger partial charge in [-0.2, -0.15) is 0 Å². The molecular weight excluding hydrogens is 262 g/mol. The van der Waals surface area contributed by atoms with Gasteiger partial charge in [-0.3, -0.25) is 0 Å². The van der Waals surface area contributed by atoms with Crippen molar-refractivity contribution in [1.82, 2.24) is 0 Å². The number of hydrogen-bond acceptors (Lipinski definition) is 3. The molecule has 0 aliphatic heterocycles. The predicted molar refractivity (Wildman–Crippen MR) is 88.0 cm³/mol. The Labute approximate surface area is 126 Å². The highest BCUT2D eigenvalue weighted by Gasteiger charge is 2.12. The van der Waals surface area contributed by atoms with Crippen molar-refractivity contribution in [3.63, 3.8) is 0 Å². The van der Waals surface area contributed by atoms with Crippen LogP contribution in [0.1, 0.15) is 26.3 Å². The molecule has 0 fully saturated rings. The first-order chi connectivity index (χ1) is 9.94. The molecular formula is C18H23NO2. The van der Waals surface area contributed by atoms with E-state index in [0.29, 0.717) is 5.75 Å². The summed E-state index contributed by atoms with van der Waals surface area (Å²) in [6.45, 7) is 6.64. The fraction of sp³-hybridized carbons (Fsp3) is 0.333. The number of methoxy groups -OCH3 is 2. The number of rotatable bonds is 4. The van der Waals surface area contributed by atoms with Gasteiger partial charge in [0.2, 0.25) is 0 Å². The maximum Gasteiger partial charge on any atom is 0.162 e. The van der Waals surface area contributed by atoms with Crippen LogP contribution in [0.25, 0.3) is 0 Å². The molecule has 2 aromatic rings. The fourth-order valence-electron chi connectivity index (χ4n) is 2.13. The van der Waals surface area contributed by atoms with Gasteiger partial charge in [-0.05, 0) is 35.2 Å². The molecule has 3 heteroatoms.